The van der Waals surface area contributed by atoms with Crippen molar-refractivity contribution in [3.8, 4) is 0 Å². The van der Waals surface area contributed by atoms with Crippen molar-refractivity contribution in [1.82, 2.24) is 10.7 Å². The van der Waals surface area contributed by atoms with Crippen LogP contribution in [0.5, 0.6) is 0 Å². The number of anilines is 1. The van der Waals surface area contributed by atoms with Gasteiger partial charge in [0.2, 0.25) is 0 Å². The smallest absolute Gasteiger partial charge is 0.317 e. The number of hydrogen-bond acceptors (Lipinski definition) is 2. The summed E-state index contributed by atoms with van der Waals surface area (Å²) in [5, 5.41) is 3.25. The van der Waals surface area contributed by atoms with Gasteiger partial charge in [-0.1, -0.05) is 11.6 Å². The molecule has 1 heterocycles. The molecule has 1 fully saturated rings. The van der Waals surface area contributed by atoms with E-state index in [0.717, 1.165) is 17.1 Å². The zero-order chi connectivity index (χ0) is 12.8. The normalized spacial score (nSPS) is 18.4. The second-order valence-corrected chi connectivity index (χ2v) is 4.66. The molecule has 0 aromatic heterocycles. The lowest BCUT2D eigenvalue weighted by molar-refractivity contribution is 0.248. The lowest BCUT2D eigenvalue weighted by Crippen LogP contribution is -2.45. The molecule has 92 valence electrons. The van der Waals surface area contributed by atoms with Crippen LogP contribution in [0.2, 0.25) is 5.02 Å². The quantitative estimate of drug-likeness (QED) is 0.815. The average Bonchev–Trinajstić information content (AvgIpc) is 2.38. The van der Waals surface area contributed by atoms with Gasteiger partial charge in [-0.2, -0.15) is 0 Å². The Balaban J connectivity index is 2.45. The lowest BCUT2D eigenvalue weighted by Gasteiger charge is -2.20. The van der Waals surface area contributed by atoms with Crippen LogP contribution in [0.3, 0.4) is 0 Å². The van der Waals surface area contributed by atoms with Crippen molar-refractivity contribution >= 4 is 23.3 Å². The van der Waals surface area contributed by atoms with Gasteiger partial charge in [0.15, 0.2) is 11.6 Å². The van der Waals surface area contributed by atoms with E-state index >= 15 is 0 Å². The summed E-state index contributed by atoms with van der Waals surface area (Å²) >= 11 is 5.50. The highest BCUT2D eigenvalue weighted by molar-refractivity contribution is 6.30. The maximum atomic E-state index is 13.6. The fraction of sp³-hybridized carbons (Fsp3) is 0.300. The first-order valence-corrected chi connectivity index (χ1v) is 5.22. The third kappa shape index (κ3) is 2.18. The van der Waals surface area contributed by atoms with Crippen LogP contribution in [-0.2, 0) is 0 Å². The SMILES string of the molecule is CC1(C)NC(=O)N(c2c(F)cc(Cl)cc2F)N1. The number of nitrogens with zero attached hydrogens (tertiary/aromatic N) is 1. The number of carbonyl (C=O) groups excluding carboxylic acids is 1. The van der Waals surface area contributed by atoms with E-state index < -0.39 is 29.0 Å². The molecular formula is C10H10ClF2N3O. The summed E-state index contributed by atoms with van der Waals surface area (Å²) < 4.78 is 27.2. The molecule has 1 aromatic rings. The van der Waals surface area contributed by atoms with Gasteiger partial charge in [0.05, 0.1) is 0 Å². The number of amides is 2. The van der Waals surface area contributed by atoms with Crippen LogP contribution in [0.25, 0.3) is 0 Å². The Hall–Kier alpha value is -1.40. The maximum absolute atomic E-state index is 13.6. The van der Waals surface area contributed by atoms with Gasteiger partial charge in [-0.05, 0) is 26.0 Å². The summed E-state index contributed by atoms with van der Waals surface area (Å²) in [6, 6.07) is 1.26. The molecule has 2 rings (SSSR count). The first-order chi connectivity index (χ1) is 7.80. The average molecular weight is 262 g/mol. The Bertz CT molecular complexity index is 469. The monoisotopic (exact) mass is 261 g/mol. The molecule has 4 nitrogen and oxygen atoms in total. The highest BCUT2D eigenvalue weighted by atomic mass is 35.5. The topological polar surface area (TPSA) is 44.4 Å². The minimum absolute atomic E-state index is 0.0670. The van der Waals surface area contributed by atoms with Gasteiger partial charge in [-0.25, -0.2) is 24.0 Å². The number of hydrazine groups is 1. The van der Waals surface area contributed by atoms with Crippen LogP contribution < -0.4 is 15.8 Å². The van der Waals surface area contributed by atoms with Gasteiger partial charge in [-0.15, -0.1) is 0 Å². The minimum atomic E-state index is -0.907. The van der Waals surface area contributed by atoms with E-state index in [-0.39, 0.29) is 5.02 Å². The van der Waals surface area contributed by atoms with Crippen molar-refractivity contribution in [2.24, 2.45) is 0 Å². The summed E-state index contributed by atoms with van der Waals surface area (Å²) in [4.78, 5) is 11.6. The van der Waals surface area contributed by atoms with Gasteiger partial charge in [-0.3, -0.25) is 0 Å². The van der Waals surface area contributed by atoms with E-state index in [9.17, 15) is 13.6 Å². The number of nitrogens with one attached hydrogen (secondary N) is 2. The molecular weight excluding hydrogens is 252 g/mol. The van der Waals surface area contributed by atoms with Crippen LogP contribution in [0, 0.1) is 11.6 Å². The molecule has 1 saturated heterocycles. The van der Waals surface area contributed by atoms with Gasteiger partial charge in [0.25, 0.3) is 0 Å². The van der Waals surface area contributed by atoms with Crippen molar-refractivity contribution in [3.05, 3.63) is 28.8 Å². The third-order valence-corrected chi connectivity index (χ3v) is 2.44. The first kappa shape index (κ1) is 12.1. The van der Waals surface area contributed by atoms with Crippen LogP contribution in [0.15, 0.2) is 12.1 Å². The third-order valence-electron chi connectivity index (χ3n) is 2.22. The molecule has 0 spiro atoms. The molecule has 0 atom stereocenters. The Morgan fingerprint density at radius 3 is 2.24 bits per heavy atom. The molecule has 17 heavy (non-hydrogen) atoms. The molecule has 7 heteroatoms. The maximum Gasteiger partial charge on any atom is 0.338 e. The van der Waals surface area contributed by atoms with Crippen LogP contribution in [0.1, 0.15) is 13.8 Å². The molecule has 0 bridgehead atoms. The van der Waals surface area contributed by atoms with Crippen molar-refractivity contribution in [3.63, 3.8) is 0 Å². The molecule has 0 saturated carbocycles. The van der Waals surface area contributed by atoms with Crippen molar-refractivity contribution in [2.75, 3.05) is 5.01 Å². The largest absolute Gasteiger partial charge is 0.338 e. The predicted octanol–water partition coefficient (Wildman–Crippen LogP) is 2.39. The van der Waals surface area contributed by atoms with Gasteiger partial charge < -0.3 is 5.32 Å². The number of carbonyl (C=O) groups is 1. The van der Waals surface area contributed by atoms with Gasteiger partial charge >= 0.3 is 6.03 Å². The molecule has 2 N–H and O–H groups in total. The van der Waals surface area contributed by atoms with Crippen molar-refractivity contribution < 1.29 is 13.6 Å². The molecule has 0 radical (unpaired) electrons. The van der Waals surface area contributed by atoms with Crippen molar-refractivity contribution in [2.45, 2.75) is 19.5 Å². The fourth-order valence-corrected chi connectivity index (χ4v) is 1.78. The Kier molecular flexibility index (Phi) is 2.71. The van der Waals surface area contributed by atoms with Gasteiger partial charge in [0.1, 0.15) is 11.4 Å². The van der Waals surface area contributed by atoms with E-state index in [1.165, 1.54) is 0 Å². The van der Waals surface area contributed by atoms with E-state index in [2.05, 4.69) is 10.7 Å². The highest BCUT2D eigenvalue weighted by Crippen LogP contribution is 2.28. The van der Waals surface area contributed by atoms with Crippen molar-refractivity contribution in [1.29, 1.82) is 0 Å². The zero-order valence-corrected chi connectivity index (χ0v) is 9.90. The number of hydrogen-bond donors (Lipinski definition) is 2. The summed E-state index contributed by atoms with van der Waals surface area (Å²) in [7, 11) is 0. The summed E-state index contributed by atoms with van der Waals surface area (Å²) in [6.07, 6.45) is 0. The lowest BCUT2D eigenvalue weighted by atomic mass is 10.3. The number of halogens is 3. The Morgan fingerprint density at radius 2 is 1.82 bits per heavy atom. The summed E-state index contributed by atoms with van der Waals surface area (Å²) in [5.74, 6) is -1.81. The molecule has 0 aliphatic carbocycles. The summed E-state index contributed by atoms with van der Waals surface area (Å²) in [6.45, 7) is 3.33. The van der Waals surface area contributed by atoms with E-state index in [1.807, 2.05) is 0 Å². The van der Waals surface area contributed by atoms with Gasteiger partial charge in [0, 0.05) is 5.02 Å². The number of rotatable bonds is 1. The van der Waals surface area contributed by atoms with E-state index in [0.29, 0.717) is 0 Å². The molecule has 0 unspecified atom stereocenters. The minimum Gasteiger partial charge on any atom is -0.317 e. The highest BCUT2D eigenvalue weighted by Gasteiger charge is 2.37. The molecule has 1 aliphatic heterocycles. The van der Waals surface area contributed by atoms with Crippen LogP contribution in [0.4, 0.5) is 19.3 Å². The second-order valence-electron chi connectivity index (χ2n) is 4.22. The summed E-state index contributed by atoms with van der Waals surface area (Å²) in [5.41, 5.74) is 1.40. The van der Waals surface area contributed by atoms with Crippen LogP contribution >= 0.6 is 11.6 Å². The van der Waals surface area contributed by atoms with E-state index in [4.69, 9.17) is 11.6 Å². The molecule has 1 aromatic carbocycles. The standard InChI is InChI=1S/C10H10ClF2N3O/c1-10(2)14-9(17)16(15-10)8-6(12)3-5(11)4-7(8)13/h3-4,15H,1-2H3,(H,14,17). The van der Waals surface area contributed by atoms with E-state index in [1.54, 1.807) is 13.8 Å². The fourth-order valence-electron chi connectivity index (χ4n) is 1.59. The first-order valence-electron chi connectivity index (χ1n) is 4.85. The Morgan fingerprint density at radius 1 is 1.29 bits per heavy atom. The predicted molar refractivity (Wildman–Crippen MR) is 59.6 cm³/mol. The molecule has 2 amide bonds. The number of benzene rings is 1. The second kappa shape index (κ2) is 3.82. The van der Waals surface area contributed by atoms with Crippen LogP contribution in [-0.4, -0.2) is 11.7 Å². The molecule has 1 aliphatic rings. The zero-order valence-electron chi connectivity index (χ0n) is 9.14. The Labute approximate surface area is 102 Å². The number of urea groups is 1.